The zero-order valence-electron chi connectivity index (χ0n) is 22.8. The van der Waals surface area contributed by atoms with Gasteiger partial charge in [0.05, 0.1) is 6.20 Å². The molecule has 0 aromatic carbocycles. The van der Waals surface area contributed by atoms with E-state index in [4.69, 9.17) is 4.98 Å². The van der Waals surface area contributed by atoms with Gasteiger partial charge in [0.15, 0.2) is 0 Å². The lowest BCUT2D eigenvalue weighted by atomic mass is 9.48. The number of ketones is 1. The second-order valence-electron chi connectivity index (χ2n) is 12.3. The van der Waals surface area contributed by atoms with Crippen LogP contribution in [-0.2, 0) is 11.3 Å². The first-order valence-corrected chi connectivity index (χ1v) is 15.7. The Balaban J connectivity index is 1.08. The van der Waals surface area contributed by atoms with E-state index in [0.29, 0.717) is 41.6 Å². The standard InChI is InChI=1S/C30H39N7OS/c1-39-28-21(3-2-8-32-28)16-34-29-35-17-24(14-31)27(37-29)36-18-30-11-20-9-22(12-30)26(23(10-20)13-30)33-15-19-4-6-25(38)7-5-19/h2-3,8,17,19-20,22-23,26,33H,4-7,9-13,15-16,18H2,1H3,(H2,34,35,36,37)/t20?,22-,23+,26-,30-. The fraction of sp³-hybridized carbons (Fsp3) is 0.633. The Morgan fingerprint density at radius 3 is 2.67 bits per heavy atom. The van der Waals surface area contributed by atoms with Crippen molar-refractivity contribution in [3.8, 4) is 6.07 Å². The summed E-state index contributed by atoms with van der Waals surface area (Å²) in [6.45, 7) is 2.51. The molecule has 206 valence electrons. The van der Waals surface area contributed by atoms with Gasteiger partial charge in [-0.3, -0.25) is 4.79 Å². The number of carbonyl (C=O) groups is 1. The number of rotatable bonds is 10. The summed E-state index contributed by atoms with van der Waals surface area (Å²) < 4.78 is 0. The number of nitrogens with one attached hydrogen (secondary N) is 3. The largest absolute Gasteiger partial charge is 0.368 e. The van der Waals surface area contributed by atoms with E-state index in [2.05, 4.69) is 38.1 Å². The number of pyridine rings is 1. The monoisotopic (exact) mass is 545 g/mol. The van der Waals surface area contributed by atoms with Crippen molar-refractivity contribution in [2.75, 3.05) is 30.0 Å². The fourth-order valence-corrected chi connectivity index (χ4v) is 8.69. The molecule has 0 aliphatic heterocycles. The maximum atomic E-state index is 11.6. The minimum atomic E-state index is 0.278. The number of hydrogen-bond donors (Lipinski definition) is 3. The Morgan fingerprint density at radius 1 is 1.13 bits per heavy atom. The predicted molar refractivity (Wildman–Crippen MR) is 153 cm³/mol. The van der Waals surface area contributed by atoms with E-state index in [0.717, 1.165) is 67.1 Å². The Kier molecular flexibility index (Phi) is 7.77. The van der Waals surface area contributed by atoms with Crippen LogP contribution in [0.3, 0.4) is 0 Å². The molecule has 0 amide bonds. The van der Waals surface area contributed by atoms with Crippen LogP contribution >= 0.6 is 11.8 Å². The number of anilines is 2. The van der Waals surface area contributed by atoms with Gasteiger partial charge in [-0.15, -0.1) is 11.8 Å². The highest BCUT2D eigenvalue weighted by atomic mass is 32.2. The topological polar surface area (TPSA) is 116 Å². The third-order valence-corrected chi connectivity index (χ3v) is 10.5. The SMILES string of the molecule is CSc1ncccc1CNc1ncc(C#N)c(NC[C@]23CC4C[C@H](C2)[C@@H](NCC2CCC(=O)CC2)[C@@H](C4)C3)n1. The van der Waals surface area contributed by atoms with Gasteiger partial charge >= 0.3 is 0 Å². The van der Waals surface area contributed by atoms with Crippen LogP contribution in [-0.4, -0.2) is 46.1 Å². The molecular formula is C30H39N7OS. The number of nitrogens with zero attached hydrogens (tertiary/aromatic N) is 4. The molecule has 0 radical (unpaired) electrons. The van der Waals surface area contributed by atoms with Gasteiger partial charge in [-0.25, -0.2) is 9.97 Å². The van der Waals surface area contributed by atoms with Crippen LogP contribution in [0.2, 0.25) is 0 Å². The van der Waals surface area contributed by atoms with Crippen molar-refractivity contribution in [2.24, 2.45) is 29.1 Å². The normalized spacial score (nSPS) is 29.8. The molecule has 5 fully saturated rings. The van der Waals surface area contributed by atoms with Gasteiger partial charge in [0.1, 0.15) is 28.3 Å². The molecule has 39 heavy (non-hydrogen) atoms. The highest BCUT2D eigenvalue weighted by molar-refractivity contribution is 7.98. The van der Waals surface area contributed by atoms with Gasteiger partial charge in [-0.1, -0.05) is 6.07 Å². The number of carbonyl (C=O) groups excluding carboxylic acids is 1. The van der Waals surface area contributed by atoms with Crippen molar-refractivity contribution in [1.82, 2.24) is 20.3 Å². The summed E-state index contributed by atoms with van der Waals surface area (Å²) in [6.07, 6.45) is 15.6. The Labute approximate surface area is 235 Å². The van der Waals surface area contributed by atoms with Gasteiger partial charge in [0, 0.05) is 43.7 Å². The molecule has 2 aromatic heterocycles. The van der Waals surface area contributed by atoms with Crippen molar-refractivity contribution in [3.63, 3.8) is 0 Å². The van der Waals surface area contributed by atoms with Crippen molar-refractivity contribution in [3.05, 3.63) is 35.7 Å². The molecule has 9 heteroatoms. The van der Waals surface area contributed by atoms with Crippen molar-refractivity contribution in [1.29, 1.82) is 5.26 Å². The van der Waals surface area contributed by atoms with Crippen LogP contribution in [0.5, 0.6) is 0 Å². The van der Waals surface area contributed by atoms with Crippen molar-refractivity contribution < 1.29 is 4.79 Å². The lowest BCUT2D eigenvalue weighted by Gasteiger charge is -2.60. The Hall–Kier alpha value is -2.70. The van der Waals surface area contributed by atoms with Gasteiger partial charge < -0.3 is 16.0 Å². The molecule has 0 saturated heterocycles. The van der Waals surface area contributed by atoms with Gasteiger partial charge in [-0.2, -0.15) is 10.2 Å². The van der Waals surface area contributed by atoms with Crippen LogP contribution in [0.4, 0.5) is 11.8 Å². The fourth-order valence-electron chi connectivity index (χ4n) is 8.12. The van der Waals surface area contributed by atoms with Crippen LogP contribution in [0.25, 0.3) is 0 Å². The van der Waals surface area contributed by atoms with E-state index >= 15 is 0 Å². The molecular weight excluding hydrogens is 506 g/mol. The van der Waals surface area contributed by atoms with E-state index in [1.807, 2.05) is 12.3 Å². The van der Waals surface area contributed by atoms with Gasteiger partial charge in [-0.05, 0) is 92.9 Å². The first-order valence-electron chi connectivity index (χ1n) is 14.5. The van der Waals surface area contributed by atoms with E-state index in [-0.39, 0.29) is 5.41 Å². The highest BCUT2D eigenvalue weighted by Gasteiger charge is 2.55. The quantitative estimate of drug-likeness (QED) is 0.353. The summed E-state index contributed by atoms with van der Waals surface area (Å²) in [5.41, 5.74) is 1.86. The third kappa shape index (κ3) is 5.78. The minimum absolute atomic E-state index is 0.278. The van der Waals surface area contributed by atoms with Crippen LogP contribution in [0.1, 0.15) is 68.9 Å². The number of thioether (sulfide) groups is 1. The first-order chi connectivity index (χ1) is 19.0. The molecule has 0 spiro atoms. The third-order valence-electron chi connectivity index (χ3n) is 9.73. The summed E-state index contributed by atoms with van der Waals surface area (Å²) in [7, 11) is 0. The zero-order chi connectivity index (χ0) is 26.8. The predicted octanol–water partition coefficient (Wildman–Crippen LogP) is 5.03. The van der Waals surface area contributed by atoms with E-state index in [9.17, 15) is 10.1 Å². The molecule has 5 aliphatic carbocycles. The highest BCUT2D eigenvalue weighted by Crippen LogP contribution is 2.60. The minimum Gasteiger partial charge on any atom is -0.368 e. The molecule has 2 heterocycles. The average molecular weight is 546 g/mol. The maximum Gasteiger partial charge on any atom is 0.224 e. The van der Waals surface area contributed by atoms with E-state index < -0.39 is 0 Å². The Morgan fingerprint density at radius 2 is 1.92 bits per heavy atom. The van der Waals surface area contributed by atoms with Crippen molar-refractivity contribution >= 4 is 29.3 Å². The summed E-state index contributed by atoms with van der Waals surface area (Å²) in [5.74, 6) is 4.52. The number of aromatic nitrogens is 3. The van der Waals surface area contributed by atoms with Crippen LogP contribution in [0.15, 0.2) is 29.6 Å². The van der Waals surface area contributed by atoms with Crippen molar-refractivity contribution in [2.45, 2.75) is 75.4 Å². The number of nitriles is 1. The summed E-state index contributed by atoms with van der Waals surface area (Å²) in [5, 5.41) is 21.6. The smallest absolute Gasteiger partial charge is 0.224 e. The molecule has 2 aromatic rings. The molecule has 8 nitrogen and oxygen atoms in total. The zero-order valence-corrected chi connectivity index (χ0v) is 23.6. The average Bonchev–Trinajstić information content (AvgIpc) is 2.95. The summed E-state index contributed by atoms with van der Waals surface area (Å²) >= 11 is 1.62. The first kappa shape index (κ1) is 26.5. The maximum absolute atomic E-state index is 11.6. The molecule has 5 saturated carbocycles. The lowest BCUT2D eigenvalue weighted by molar-refractivity contribution is -0.121. The van der Waals surface area contributed by atoms with Crippen LogP contribution in [0, 0.1) is 40.4 Å². The van der Waals surface area contributed by atoms with Crippen LogP contribution < -0.4 is 16.0 Å². The number of Topliss-reactive ketones (excluding diaryl/α,β-unsaturated/α-hetero) is 1. The molecule has 7 rings (SSSR count). The number of hydrogen-bond acceptors (Lipinski definition) is 9. The van der Waals surface area contributed by atoms with Gasteiger partial charge in [0.25, 0.3) is 0 Å². The molecule has 5 aliphatic rings. The molecule has 3 N–H and O–H groups in total. The van der Waals surface area contributed by atoms with Gasteiger partial charge in [0.2, 0.25) is 5.95 Å². The molecule has 1 unspecified atom stereocenters. The van der Waals surface area contributed by atoms with E-state index in [1.165, 1.54) is 32.1 Å². The summed E-state index contributed by atoms with van der Waals surface area (Å²) in [6, 6.07) is 6.89. The molecule has 4 bridgehead atoms. The molecule has 5 atom stereocenters. The summed E-state index contributed by atoms with van der Waals surface area (Å²) in [4.78, 5) is 25.2. The second-order valence-corrected chi connectivity index (χ2v) is 13.1. The van der Waals surface area contributed by atoms with E-state index in [1.54, 1.807) is 24.2 Å². The second kappa shape index (κ2) is 11.4. The lowest BCUT2D eigenvalue weighted by Crippen LogP contribution is -2.60. The Bertz CT molecular complexity index is 1220.